The third kappa shape index (κ3) is 3.25. The topological polar surface area (TPSA) is 89.9 Å². The fourth-order valence-electron chi connectivity index (χ4n) is 2.47. The highest BCUT2D eigenvalue weighted by atomic mass is 16.2. The fraction of sp³-hybridized carbons (Fsp3) is 0.429. The first-order valence-corrected chi connectivity index (χ1v) is 7.09. The van der Waals surface area contributed by atoms with E-state index in [1.165, 1.54) is 4.80 Å². The zero-order valence-corrected chi connectivity index (χ0v) is 11.7. The molecule has 7 nitrogen and oxygen atoms in total. The van der Waals surface area contributed by atoms with Crippen molar-refractivity contribution in [2.75, 3.05) is 13.1 Å². The first-order valence-electron chi connectivity index (χ1n) is 7.09. The van der Waals surface area contributed by atoms with Crippen LogP contribution in [0.5, 0.6) is 0 Å². The fourth-order valence-corrected chi connectivity index (χ4v) is 2.47. The van der Waals surface area contributed by atoms with Crippen LogP contribution in [0.4, 0.5) is 0 Å². The van der Waals surface area contributed by atoms with Crippen LogP contribution in [0.1, 0.15) is 12.8 Å². The van der Waals surface area contributed by atoms with Crippen LogP contribution in [-0.2, 0) is 11.3 Å². The molecular formula is C14H18N6O. The van der Waals surface area contributed by atoms with Crippen molar-refractivity contribution in [3.8, 4) is 11.4 Å². The van der Waals surface area contributed by atoms with Crippen molar-refractivity contribution in [3.05, 3.63) is 30.3 Å². The van der Waals surface area contributed by atoms with Gasteiger partial charge in [-0.3, -0.25) is 4.79 Å². The Morgan fingerprint density at radius 1 is 1.33 bits per heavy atom. The minimum atomic E-state index is -0.0119. The highest BCUT2D eigenvalue weighted by molar-refractivity contribution is 5.76. The maximum Gasteiger partial charge on any atom is 0.246 e. The number of rotatable bonds is 3. The lowest BCUT2D eigenvalue weighted by atomic mass is 10.1. The molecule has 3 rings (SSSR count). The van der Waals surface area contributed by atoms with Crippen LogP contribution >= 0.6 is 0 Å². The second-order valence-electron chi connectivity index (χ2n) is 5.25. The van der Waals surface area contributed by atoms with E-state index in [1.54, 1.807) is 4.90 Å². The Labute approximate surface area is 122 Å². The van der Waals surface area contributed by atoms with Gasteiger partial charge < -0.3 is 10.6 Å². The van der Waals surface area contributed by atoms with Crippen LogP contribution in [0.3, 0.4) is 0 Å². The van der Waals surface area contributed by atoms with Crippen molar-refractivity contribution >= 4 is 5.91 Å². The van der Waals surface area contributed by atoms with Crippen LogP contribution < -0.4 is 5.73 Å². The predicted molar refractivity (Wildman–Crippen MR) is 77.0 cm³/mol. The number of hydrogen-bond acceptors (Lipinski definition) is 5. The number of piperidine rings is 1. The van der Waals surface area contributed by atoms with E-state index in [2.05, 4.69) is 15.4 Å². The molecule has 2 heterocycles. The molecule has 0 aliphatic carbocycles. The van der Waals surface area contributed by atoms with Gasteiger partial charge in [0.1, 0.15) is 6.54 Å². The number of hydrogen-bond donors (Lipinski definition) is 1. The standard InChI is InChI=1S/C14H18N6O/c15-12-7-4-8-19(9-12)13(21)10-20-17-14(16-18-20)11-5-2-1-3-6-11/h1-3,5-6,12H,4,7-10,15H2. The Morgan fingerprint density at radius 2 is 2.14 bits per heavy atom. The Balaban J connectivity index is 1.66. The molecule has 7 heteroatoms. The van der Waals surface area contributed by atoms with Gasteiger partial charge in [-0.1, -0.05) is 30.3 Å². The molecule has 0 spiro atoms. The third-order valence-corrected chi connectivity index (χ3v) is 3.57. The number of carbonyl (C=O) groups excluding carboxylic acids is 1. The van der Waals surface area contributed by atoms with Crippen molar-refractivity contribution in [3.63, 3.8) is 0 Å². The third-order valence-electron chi connectivity index (χ3n) is 3.57. The van der Waals surface area contributed by atoms with Crippen LogP contribution in [0.2, 0.25) is 0 Å². The molecule has 2 N–H and O–H groups in total. The Hall–Kier alpha value is -2.28. The van der Waals surface area contributed by atoms with Gasteiger partial charge in [-0.15, -0.1) is 10.2 Å². The van der Waals surface area contributed by atoms with Gasteiger partial charge in [0, 0.05) is 24.7 Å². The van der Waals surface area contributed by atoms with E-state index in [-0.39, 0.29) is 18.5 Å². The van der Waals surface area contributed by atoms with E-state index in [0.29, 0.717) is 12.4 Å². The summed E-state index contributed by atoms with van der Waals surface area (Å²) in [5.74, 6) is 0.515. The highest BCUT2D eigenvalue weighted by Gasteiger charge is 2.22. The quantitative estimate of drug-likeness (QED) is 0.876. The number of likely N-dealkylation sites (tertiary alicyclic amines) is 1. The molecule has 1 saturated heterocycles. The van der Waals surface area contributed by atoms with Gasteiger partial charge in [-0.05, 0) is 18.1 Å². The van der Waals surface area contributed by atoms with E-state index in [4.69, 9.17) is 5.73 Å². The maximum atomic E-state index is 12.2. The number of carbonyl (C=O) groups is 1. The lowest BCUT2D eigenvalue weighted by Crippen LogP contribution is -2.46. The summed E-state index contributed by atoms with van der Waals surface area (Å²) in [6.45, 7) is 1.47. The smallest absolute Gasteiger partial charge is 0.246 e. The number of tetrazole rings is 1. The van der Waals surface area contributed by atoms with E-state index >= 15 is 0 Å². The Morgan fingerprint density at radius 3 is 2.90 bits per heavy atom. The second-order valence-corrected chi connectivity index (χ2v) is 5.25. The van der Waals surface area contributed by atoms with E-state index < -0.39 is 0 Å². The Bertz CT molecular complexity index is 611. The summed E-state index contributed by atoms with van der Waals surface area (Å²) in [5, 5.41) is 12.2. The predicted octanol–water partition coefficient (Wildman–Crippen LogP) is 0.290. The monoisotopic (exact) mass is 286 g/mol. The summed E-state index contributed by atoms with van der Waals surface area (Å²) in [6, 6.07) is 9.65. The van der Waals surface area contributed by atoms with E-state index in [9.17, 15) is 4.79 Å². The summed E-state index contributed by atoms with van der Waals surface area (Å²) in [7, 11) is 0. The first kappa shape index (κ1) is 13.7. The molecule has 1 amide bonds. The number of benzene rings is 1. The van der Waals surface area contributed by atoms with Crippen molar-refractivity contribution in [1.29, 1.82) is 0 Å². The largest absolute Gasteiger partial charge is 0.339 e. The van der Waals surface area contributed by atoms with Crippen molar-refractivity contribution < 1.29 is 4.79 Å². The average Bonchev–Trinajstić information content (AvgIpc) is 2.97. The second kappa shape index (κ2) is 6.01. The lowest BCUT2D eigenvalue weighted by Gasteiger charge is -2.30. The maximum absolute atomic E-state index is 12.2. The van der Waals surface area contributed by atoms with E-state index in [1.807, 2.05) is 30.3 Å². The lowest BCUT2D eigenvalue weighted by molar-refractivity contribution is -0.133. The van der Waals surface area contributed by atoms with Gasteiger partial charge in [0.2, 0.25) is 11.7 Å². The summed E-state index contributed by atoms with van der Waals surface area (Å²) >= 11 is 0. The number of nitrogens with two attached hydrogens (primary N) is 1. The molecule has 1 aromatic carbocycles. The number of aromatic nitrogens is 4. The summed E-state index contributed by atoms with van der Waals surface area (Å²) in [4.78, 5) is 15.3. The summed E-state index contributed by atoms with van der Waals surface area (Å²) in [5.41, 5.74) is 6.78. The molecule has 0 bridgehead atoms. The summed E-state index contributed by atoms with van der Waals surface area (Å²) < 4.78 is 0. The van der Waals surface area contributed by atoms with Crippen molar-refractivity contribution in [1.82, 2.24) is 25.1 Å². The molecule has 21 heavy (non-hydrogen) atoms. The zero-order chi connectivity index (χ0) is 14.7. The first-order chi connectivity index (χ1) is 10.2. The van der Waals surface area contributed by atoms with Crippen LogP contribution in [0.25, 0.3) is 11.4 Å². The minimum Gasteiger partial charge on any atom is -0.339 e. The molecule has 0 saturated carbocycles. The van der Waals surface area contributed by atoms with E-state index in [0.717, 1.165) is 24.9 Å². The van der Waals surface area contributed by atoms with Crippen molar-refractivity contribution in [2.24, 2.45) is 5.73 Å². The minimum absolute atomic E-state index is 0.0119. The van der Waals surface area contributed by atoms with Crippen molar-refractivity contribution in [2.45, 2.75) is 25.4 Å². The molecule has 1 unspecified atom stereocenters. The molecule has 0 radical (unpaired) electrons. The van der Waals surface area contributed by atoms with Crippen LogP contribution in [-0.4, -0.2) is 50.1 Å². The molecule has 2 aromatic rings. The average molecular weight is 286 g/mol. The molecule has 1 aromatic heterocycles. The molecule has 1 atom stereocenters. The van der Waals surface area contributed by atoms with Gasteiger partial charge >= 0.3 is 0 Å². The van der Waals surface area contributed by atoms with Gasteiger partial charge in [0.25, 0.3) is 0 Å². The van der Waals surface area contributed by atoms with Crippen LogP contribution in [0.15, 0.2) is 30.3 Å². The summed E-state index contributed by atoms with van der Waals surface area (Å²) in [6.07, 6.45) is 1.93. The molecule has 1 aliphatic rings. The normalized spacial score (nSPS) is 18.7. The number of nitrogens with zero attached hydrogens (tertiary/aromatic N) is 5. The Kier molecular flexibility index (Phi) is 3.92. The SMILES string of the molecule is NC1CCCN(C(=O)Cn2nnc(-c3ccccc3)n2)C1. The van der Waals surface area contributed by atoms with Gasteiger partial charge in [-0.2, -0.15) is 4.80 Å². The molecule has 110 valence electrons. The van der Waals surface area contributed by atoms with Gasteiger partial charge in [0.05, 0.1) is 0 Å². The molecule has 1 aliphatic heterocycles. The highest BCUT2D eigenvalue weighted by Crippen LogP contribution is 2.12. The number of amides is 1. The van der Waals surface area contributed by atoms with Gasteiger partial charge in [0.15, 0.2) is 0 Å². The zero-order valence-electron chi connectivity index (χ0n) is 11.7. The van der Waals surface area contributed by atoms with Gasteiger partial charge in [-0.25, -0.2) is 0 Å². The van der Waals surface area contributed by atoms with Crippen LogP contribution in [0, 0.1) is 0 Å². The molecule has 1 fully saturated rings. The molecular weight excluding hydrogens is 268 g/mol.